The van der Waals surface area contributed by atoms with E-state index in [0.717, 1.165) is 28.7 Å². The van der Waals surface area contributed by atoms with Crippen molar-refractivity contribution in [1.82, 2.24) is 10.2 Å². The minimum Gasteiger partial charge on any atom is -0.483 e. The molecule has 2 atom stereocenters. The molecule has 37 heavy (non-hydrogen) atoms. The molecule has 0 saturated heterocycles. The van der Waals surface area contributed by atoms with E-state index in [1.807, 2.05) is 71.0 Å². The van der Waals surface area contributed by atoms with Crippen molar-refractivity contribution in [3.63, 3.8) is 0 Å². The highest BCUT2D eigenvalue weighted by Crippen LogP contribution is 2.24. The molecule has 3 aromatic rings. The highest BCUT2D eigenvalue weighted by Gasteiger charge is 2.32. The zero-order chi connectivity index (χ0) is 26.9. The first-order valence-corrected chi connectivity index (χ1v) is 12.8. The van der Waals surface area contributed by atoms with Crippen LogP contribution in [0.25, 0.3) is 0 Å². The van der Waals surface area contributed by atoms with Crippen LogP contribution in [0.1, 0.15) is 48.1 Å². The molecule has 6 heteroatoms. The van der Waals surface area contributed by atoms with Gasteiger partial charge in [0.05, 0.1) is 0 Å². The Bertz CT molecular complexity index is 1210. The van der Waals surface area contributed by atoms with Crippen LogP contribution in [0.15, 0.2) is 66.7 Å². The Morgan fingerprint density at radius 1 is 1.00 bits per heavy atom. The number of aryl methyl sites for hydroxylation is 2. The monoisotopic (exact) mass is 504 g/mol. The van der Waals surface area contributed by atoms with E-state index in [0.29, 0.717) is 17.7 Å². The van der Waals surface area contributed by atoms with Crippen LogP contribution in [-0.2, 0) is 22.6 Å². The number of hydrogen-bond donors (Lipinski definition) is 1. The minimum atomic E-state index is -0.840. The fourth-order valence-electron chi connectivity index (χ4n) is 4.18. The summed E-state index contributed by atoms with van der Waals surface area (Å²) < 4.78 is 20.7. The third-order valence-electron chi connectivity index (χ3n) is 6.69. The summed E-state index contributed by atoms with van der Waals surface area (Å²) in [5.41, 5.74) is 4.30. The van der Waals surface area contributed by atoms with Gasteiger partial charge < -0.3 is 15.0 Å². The smallest absolute Gasteiger partial charge is 0.261 e. The molecule has 1 N–H and O–H groups in total. The van der Waals surface area contributed by atoms with E-state index in [1.54, 1.807) is 18.2 Å². The van der Waals surface area contributed by atoms with Crippen molar-refractivity contribution < 1.29 is 18.7 Å². The van der Waals surface area contributed by atoms with Gasteiger partial charge in [0, 0.05) is 24.6 Å². The van der Waals surface area contributed by atoms with Gasteiger partial charge in [-0.15, -0.1) is 0 Å². The van der Waals surface area contributed by atoms with E-state index in [1.165, 1.54) is 11.0 Å². The zero-order valence-electron chi connectivity index (χ0n) is 22.4. The zero-order valence-corrected chi connectivity index (χ0v) is 22.4. The molecule has 3 aromatic carbocycles. The summed E-state index contributed by atoms with van der Waals surface area (Å²) in [6.07, 6.45) is 1.05. The Kier molecular flexibility index (Phi) is 9.84. The van der Waals surface area contributed by atoms with E-state index in [9.17, 15) is 14.0 Å². The Hall–Kier alpha value is -3.67. The van der Waals surface area contributed by atoms with Gasteiger partial charge in [0.25, 0.3) is 5.91 Å². The van der Waals surface area contributed by atoms with Crippen molar-refractivity contribution in [2.24, 2.45) is 0 Å². The summed E-state index contributed by atoms with van der Waals surface area (Å²) in [6.45, 7) is 9.51. The topological polar surface area (TPSA) is 58.6 Å². The second-order valence-electron chi connectivity index (χ2n) is 9.63. The number of nitrogens with one attached hydrogen (secondary N) is 1. The standard InChI is InChI=1S/C31H37FN2O3/c1-6-23(4)33-31(36)28(18-25-12-8-7-9-13-25)34(19-26-14-10-11-15-27(26)32)30(35)20-37-29-17-21(2)16-22(3)24(29)5/h7-17,23,28H,6,18-20H2,1-5H3,(H,33,36)/t23-,28-/m1/s1. The molecule has 0 fully saturated rings. The minimum absolute atomic E-state index is 0.0495. The van der Waals surface area contributed by atoms with Gasteiger partial charge in [-0.05, 0) is 68.5 Å². The first kappa shape index (κ1) is 27.9. The molecule has 0 heterocycles. The SMILES string of the molecule is CC[C@@H](C)NC(=O)[C@@H](Cc1ccccc1)N(Cc1ccccc1F)C(=O)COc1cc(C)cc(C)c1C. The molecule has 3 rings (SSSR count). The van der Waals surface area contributed by atoms with Gasteiger partial charge in [-0.1, -0.05) is 61.5 Å². The maximum absolute atomic E-state index is 14.7. The average molecular weight is 505 g/mol. The highest BCUT2D eigenvalue weighted by atomic mass is 19.1. The second-order valence-corrected chi connectivity index (χ2v) is 9.63. The number of halogens is 1. The Balaban J connectivity index is 1.96. The highest BCUT2D eigenvalue weighted by molar-refractivity contribution is 5.88. The number of amides is 2. The van der Waals surface area contributed by atoms with Gasteiger partial charge in [0.15, 0.2) is 6.61 Å². The molecular weight excluding hydrogens is 467 g/mol. The van der Waals surface area contributed by atoms with Gasteiger partial charge in [-0.3, -0.25) is 9.59 Å². The Morgan fingerprint density at radius 3 is 2.35 bits per heavy atom. The van der Waals surface area contributed by atoms with Crippen LogP contribution >= 0.6 is 0 Å². The largest absolute Gasteiger partial charge is 0.483 e. The van der Waals surface area contributed by atoms with Crippen LogP contribution in [0.4, 0.5) is 4.39 Å². The second kappa shape index (κ2) is 13.0. The van der Waals surface area contributed by atoms with Crippen molar-refractivity contribution in [2.45, 2.75) is 66.1 Å². The molecule has 0 aliphatic rings. The third-order valence-corrected chi connectivity index (χ3v) is 6.69. The van der Waals surface area contributed by atoms with Crippen LogP contribution in [0.3, 0.4) is 0 Å². The summed E-state index contributed by atoms with van der Waals surface area (Å²) in [4.78, 5) is 28.7. The van der Waals surface area contributed by atoms with Gasteiger partial charge in [0.2, 0.25) is 5.91 Å². The molecule has 5 nitrogen and oxygen atoms in total. The molecule has 0 unspecified atom stereocenters. The van der Waals surface area contributed by atoms with Crippen molar-refractivity contribution in [3.05, 3.63) is 100 Å². The quantitative estimate of drug-likeness (QED) is 0.365. The maximum atomic E-state index is 14.7. The summed E-state index contributed by atoms with van der Waals surface area (Å²) in [5.74, 6) is -0.458. The number of nitrogens with zero attached hydrogens (tertiary/aromatic N) is 1. The van der Waals surface area contributed by atoms with Crippen LogP contribution in [0.5, 0.6) is 5.75 Å². The van der Waals surface area contributed by atoms with Crippen LogP contribution in [-0.4, -0.2) is 35.4 Å². The number of benzene rings is 3. The van der Waals surface area contributed by atoms with Crippen molar-refractivity contribution in [2.75, 3.05) is 6.61 Å². The first-order chi connectivity index (χ1) is 17.7. The number of ether oxygens (including phenoxy) is 1. The molecule has 0 radical (unpaired) electrons. The third kappa shape index (κ3) is 7.66. The molecule has 0 aromatic heterocycles. The maximum Gasteiger partial charge on any atom is 0.261 e. The van der Waals surface area contributed by atoms with Crippen LogP contribution in [0.2, 0.25) is 0 Å². The molecule has 2 amide bonds. The van der Waals surface area contributed by atoms with Crippen LogP contribution in [0, 0.1) is 26.6 Å². The Morgan fingerprint density at radius 2 is 1.68 bits per heavy atom. The molecule has 0 bridgehead atoms. The van der Waals surface area contributed by atoms with Crippen molar-refractivity contribution >= 4 is 11.8 Å². The van der Waals surface area contributed by atoms with E-state index in [4.69, 9.17) is 4.74 Å². The van der Waals surface area contributed by atoms with Crippen molar-refractivity contribution in [3.8, 4) is 5.75 Å². The fraction of sp³-hybridized carbons (Fsp3) is 0.355. The normalized spacial score (nSPS) is 12.5. The molecule has 0 aliphatic heterocycles. The number of rotatable bonds is 11. The van der Waals surface area contributed by atoms with Gasteiger partial charge in [-0.2, -0.15) is 0 Å². The number of carbonyl (C=O) groups excluding carboxylic acids is 2. The van der Waals surface area contributed by atoms with E-state index < -0.39 is 11.9 Å². The van der Waals surface area contributed by atoms with Gasteiger partial charge in [0.1, 0.15) is 17.6 Å². The summed E-state index contributed by atoms with van der Waals surface area (Å²) in [7, 11) is 0. The first-order valence-electron chi connectivity index (χ1n) is 12.8. The summed E-state index contributed by atoms with van der Waals surface area (Å²) in [5, 5.41) is 3.02. The molecule has 0 saturated carbocycles. The predicted octanol–water partition coefficient (Wildman–Crippen LogP) is 5.68. The molecule has 196 valence electrons. The van der Waals surface area contributed by atoms with Crippen molar-refractivity contribution in [1.29, 1.82) is 0 Å². The lowest BCUT2D eigenvalue weighted by Gasteiger charge is -2.32. The fourth-order valence-corrected chi connectivity index (χ4v) is 4.18. The lowest BCUT2D eigenvalue weighted by Crippen LogP contribution is -2.53. The van der Waals surface area contributed by atoms with Gasteiger partial charge in [-0.25, -0.2) is 4.39 Å². The lowest BCUT2D eigenvalue weighted by molar-refractivity contribution is -0.143. The van der Waals surface area contributed by atoms with Gasteiger partial charge >= 0.3 is 0 Å². The van der Waals surface area contributed by atoms with Crippen LogP contribution < -0.4 is 10.1 Å². The van der Waals surface area contributed by atoms with E-state index in [-0.39, 0.29) is 31.0 Å². The van der Waals surface area contributed by atoms with E-state index >= 15 is 0 Å². The lowest BCUT2D eigenvalue weighted by atomic mass is 10.0. The molecule has 0 spiro atoms. The molecular formula is C31H37FN2O3. The summed E-state index contributed by atoms with van der Waals surface area (Å²) >= 11 is 0. The molecule has 0 aliphatic carbocycles. The Labute approximate surface area is 219 Å². The summed E-state index contributed by atoms with van der Waals surface area (Å²) in [6, 6.07) is 18.9. The predicted molar refractivity (Wildman–Crippen MR) is 145 cm³/mol. The average Bonchev–Trinajstić information content (AvgIpc) is 2.88. The number of carbonyl (C=O) groups is 2. The van der Waals surface area contributed by atoms with E-state index in [2.05, 4.69) is 11.4 Å². The number of hydrogen-bond acceptors (Lipinski definition) is 3.